The summed E-state index contributed by atoms with van der Waals surface area (Å²) in [6.07, 6.45) is 0. The van der Waals surface area contributed by atoms with Crippen LogP contribution in [-0.2, 0) is 6.61 Å². The van der Waals surface area contributed by atoms with Crippen molar-refractivity contribution in [3.63, 3.8) is 0 Å². The van der Waals surface area contributed by atoms with Crippen LogP contribution in [0.2, 0.25) is 0 Å². The number of nitrogens with zero attached hydrogens (tertiary/aromatic N) is 1. The predicted molar refractivity (Wildman–Crippen MR) is 78.4 cm³/mol. The number of hydrogen-bond acceptors (Lipinski definition) is 3. The second-order valence-electron chi connectivity index (χ2n) is 4.73. The van der Waals surface area contributed by atoms with Crippen molar-refractivity contribution >= 4 is 15.9 Å². The smallest absolute Gasteiger partial charge is 0.219 e. The number of benzene rings is 1. The van der Waals surface area contributed by atoms with Crippen LogP contribution in [0.1, 0.15) is 31.0 Å². The largest absolute Gasteiger partial charge is 0.436 e. The molecule has 1 aromatic heterocycles. The van der Waals surface area contributed by atoms with Crippen LogP contribution in [0.3, 0.4) is 0 Å². The Hall–Kier alpha value is -1.46. The molecule has 2 rings (SSSR count). The molecule has 0 aliphatic carbocycles. The van der Waals surface area contributed by atoms with E-state index >= 15 is 0 Å². The summed E-state index contributed by atoms with van der Waals surface area (Å²) in [5, 5.41) is 9.27. The molecule has 0 unspecified atom stereocenters. The van der Waals surface area contributed by atoms with Crippen LogP contribution in [0.4, 0.5) is 4.39 Å². The van der Waals surface area contributed by atoms with Gasteiger partial charge in [-0.25, -0.2) is 9.37 Å². The molecule has 106 valence electrons. The summed E-state index contributed by atoms with van der Waals surface area (Å²) in [5.41, 5.74) is 1.48. The molecule has 0 saturated carbocycles. The van der Waals surface area contributed by atoms with Gasteiger partial charge in [-0.15, -0.1) is 0 Å². The first-order valence-corrected chi connectivity index (χ1v) is 7.03. The maximum absolute atomic E-state index is 13.7. The Bertz CT molecular complexity index is 617. The van der Waals surface area contributed by atoms with E-state index in [4.69, 9.17) is 4.74 Å². The summed E-state index contributed by atoms with van der Waals surface area (Å²) < 4.78 is 19.9. The van der Waals surface area contributed by atoms with Gasteiger partial charge in [-0.1, -0.05) is 29.8 Å². The zero-order valence-corrected chi connectivity index (χ0v) is 12.8. The number of pyridine rings is 1. The third kappa shape index (κ3) is 3.55. The van der Waals surface area contributed by atoms with Gasteiger partial charge in [0.2, 0.25) is 5.88 Å². The van der Waals surface area contributed by atoms with Crippen LogP contribution in [-0.4, -0.2) is 10.1 Å². The first kappa shape index (κ1) is 14.9. The van der Waals surface area contributed by atoms with E-state index in [1.165, 1.54) is 12.1 Å². The Kier molecular flexibility index (Phi) is 4.73. The molecule has 0 fully saturated rings. The first-order valence-electron chi connectivity index (χ1n) is 6.24. The molecule has 0 atom stereocenters. The molecule has 2 aromatic rings. The predicted octanol–water partition coefficient (Wildman–Crippen LogP) is 4.39. The van der Waals surface area contributed by atoms with Gasteiger partial charge in [-0.3, -0.25) is 0 Å². The van der Waals surface area contributed by atoms with Gasteiger partial charge in [0.05, 0.1) is 6.61 Å². The van der Waals surface area contributed by atoms with Crippen LogP contribution in [0.5, 0.6) is 11.6 Å². The van der Waals surface area contributed by atoms with Gasteiger partial charge in [-0.05, 0) is 35.7 Å². The van der Waals surface area contributed by atoms with Gasteiger partial charge in [0.1, 0.15) is 0 Å². The van der Waals surface area contributed by atoms with Gasteiger partial charge in [0.15, 0.2) is 11.6 Å². The van der Waals surface area contributed by atoms with E-state index in [9.17, 15) is 9.50 Å². The van der Waals surface area contributed by atoms with Crippen LogP contribution < -0.4 is 4.74 Å². The van der Waals surface area contributed by atoms with E-state index in [-0.39, 0.29) is 24.2 Å². The van der Waals surface area contributed by atoms with Gasteiger partial charge in [0.25, 0.3) is 0 Å². The second-order valence-corrected chi connectivity index (χ2v) is 5.64. The minimum Gasteiger partial charge on any atom is -0.436 e. The molecule has 0 saturated heterocycles. The molecule has 0 spiro atoms. The number of ether oxygens (including phenoxy) is 1. The Balaban J connectivity index is 2.37. The minimum absolute atomic E-state index is 0.0941. The summed E-state index contributed by atoms with van der Waals surface area (Å²) in [4.78, 5) is 4.33. The van der Waals surface area contributed by atoms with E-state index < -0.39 is 5.82 Å². The van der Waals surface area contributed by atoms with Crippen molar-refractivity contribution < 1.29 is 14.2 Å². The Labute approximate surface area is 125 Å². The number of rotatable bonds is 4. The third-order valence-electron chi connectivity index (χ3n) is 2.76. The van der Waals surface area contributed by atoms with E-state index in [2.05, 4.69) is 20.9 Å². The SMILES string of the molecule is CC(C)c1cc(CO)cc(Oc2cc(Br)ccc2F)n1. The lowest BCUT2D eigenvalue weighted by Crippen LogP contribution is -1.99. The lowest BCUT2D eigenvalue weighted by Gasteiger charge is -2.11. The van der Waals surface area contributed by atoms with Crippen molar-refractivity contribution in [2.45, 2.75) is 26.4 Å². The number of hydrogen-bond donors (Lipinski definition) is 1. The molecule has 1 aromatic carbocycles. The van der Waals surface area contributed by atoms with Crippen molar-refractivity contribution in [2.24, 2.45) is 0 Å². The summed E-state index contributed by atoms with van der Waals surface area (Å²) in [6.45, 7) is 3.87. The monoisotopic (exact) mass is 339 g/mol. The summed E-state index contributed by atoms with van der Waals surface area (Å²) >= 11 is 3.27. The normalized spacial score (nSPS) is 10.9. The average Bonchev–Trinajstić information content (AvgIpc) is 2.42. The molecular formula is C15H15BrFNO2. The molecule has 1 N–H and O–H groups in total. The highest BCUT2D eigenvalue weighted by Crippen LogP contribution is 2.28. The van der Waals surface area contributed by atoms with Crippen molar-refractivity contribution in [1.29, 1.82) is 0 Å². The molecule has 0 aliphatic heterocycles. The molecule has 3 nitrogen and oxygen atoms in total. The molecule has 0 aliphatic rings. The van der Waals surface area contributed by atoms with Crippen molar-refractivity contribution in [2.75, 3.05) is 0 Å². The van der Waals surface area contributed by atoms with Gasteiger partial charge < -0.3 is 9.84 Å². The fraction of sp³-hybridized carbons (Fsp3) is 0.267. The molecule has 1 heterocycles. The van der Waals surface area contributed by atoms with Crippen molar-refractivity contribution in [3.8, 4) is 11.6 Å². The zero-order valence-electron chi connectivity index (χ0n) is 11.2. The third-order valence-corrected chi connectivity index (χ3v) is 3.26. The first-order chi connectivity index (χ1) is 9.49. The van der Waals surface area contributed by atoms with E-state index in [0.29, 0.717) is 5.56 Å². The quantitative estimate of drug-likeness (QED) is 0.898. The van der Waals surface area contributed by atoms with Gasteiger partial charge >= 0.3 is 0 Å². The summed E-state index contributed by atoms with van der Waals surface area (Å²) in [7, 11) is 0. The maximum atomic E-state index is 13.7. The van der Waals surface area contributed by atoms with E-state index in [1.807, 2.05) is 19.9 Å². The molecule has 0 bridgehead atoms. The molecule has 0 amide bonds. The molecular weight excluding hydrogens is 325 g/mol. The minimum atomic E-state index is -0.463. The van der Waals surface area contributed by atoms with Crippen LogP contribution >= 0.6 is 15.9 Å². The second kappa shape index (κ2) is 6.33. The highest BCUT2D eigenvalue weighted by molar-refractivity contribution is 9.10. The summed E-state index contributed by atoms with van der Waals surface area (Å²) in [6, 6.07) is 7.87. The Morgan fingerprint density at radius 2 is 2.05 bits per heavy atom. The fourth-order valence-electron chi connectivity index (χ4n) is 1.69. The Morgan fingerprint density at radius 3 is 2.70 bits per heavy atom. The Morgan fingerprint density at radius 1 is 1.30 bits per heavy atom. The van der Waals surface area contributed by atoms with Crippen molar-refractivity contribution in [1.82, 2.24) is 4.98 Å². The van der Waals surface area contributed by atoms with Crippen LogP contribution in [0, 0.1) is 5.82 Å². The fourth-order valence-corrected chi connectivity index (χ4v) is 2.03. The highest BCUT2D eigenvalue weighted by Gasteiger charge is 2.10. The van der Waals surface area contributed by atoms with Crippen LogP contribution in [0.15, 0.2) is 34.8 Å². The molecule has 5 heteroatoms. The molecule has 20 heavy (non-hydrogen) atoms. The maximum Gasteiger partial charge on any atom is 0.219 e. The lowest BCUT2D eigenvalue weighted by atomic mass is 10.1. The van der Waals surface area contributed by atoms with Gasteiger partial charge in [-0.2, -0.15) is 0 Å². The van der Waals surface area contributed by atoms with E-state index in [0.717, 1.165) is 10.2 Å². The number of halogens is 2. The van der Waals surface area contributed by atoms with Gasteiger partial charge in [0, 0.05) is 16.2 Å². The standard InChI is InChI=1S/C15H15BrFNO2/c1-9(2)13-5-10(8-19)6-15(18-13)20-14-7-11(16)3-4-12(14)17/h3-7,9,19H,8H2,1-2H3. The van der Waals surface area contributed by atoms with Crippen molar-refractivity contribution in [3.05, 3.63) is 51.9 Å². The topological polar surface area (TPSA) is 42.4 Å². The lowest BCUT2D eigenvalue weighted by molar-refractivity contribution is 0.280. The number of aromatic nitrogens is 1. The van der Waals surface area contributed by atoms with E-state index in [1.54, 1.807) is 12.1 Å². The zero-order chi connectivity index (χ0) is 14.7. The summed E-state index contributed by atoms with van der Waals surface area (Å²) in [5.74, 6) is 0.0978. The molecule has 0 radical (unpaired) electrons. The average molecular weight is 340 g/mol. The van der Waals surface area contributed by atoms with Crippen LogP contribution in [0.25, 0.3) is 0 Å². The number of aliphatic hydroxyl groups is 1. The highest BCUT2D eigenvalue weighted by atomic mass is 79.9. The number of aliphatic hydroxyl groups excluding tert-OH is 1.